The van der Waals surface area contributed by atoms with Crippen molar-refractivity contribution in [2.45, 2.75) is 13.8 Å². The molecule has 0 atom stereocenters. The van der Waals surface area contributed by atoms with Crippen molar-refractivity contribution in [2.24, 2.45) is 5.73 Å². The van der Waals surface area contributed by atoms with Crippen LogP contribution in [0.2, 0.25) is 0 Å². The molecule has 0 aliphatic rings. The molecule has 0 heterocycles. The van der Waals surface area contributed by atoms with Gasteiger partial charge in [-0.2, -0.15) is 0 Å². The molecule has 0 unspecified atom stereocenters. The summed E-state index contributed by atoms with van der Waals surface area (Å²) in [5.74, 6) is -0.343. The Bertz CT molecular complexity index is 183. The summed E-state index contributed by atoms with van der Waals surface area (Å²) in [6, 6.07) is 0. The van der Waals surface area contributed by atoms with Crippen LogP contribution in [0.25, 0.3) is 0 Å². The fourth-order valence-corrected chi connectivity index (χ4v) is 0.679. The van der Waals surface area contributed by atoms with Crippen LogP contribution in [0, 0.1) is 0 Å². The van der Waals surface area contributed by atoms with Crippen molar-refractivity contribution in [1.82, 2.24) is 0 Å². The topological polar surface area (TPSA) is 43.1 Å². The molecule has 3 nitrogen and oxygen atoms in total. The average molecular weight is 157 g/mol. The van der Waals surface area contributed by atoms with Gasteiger partial charge in [0.2, 0.25) is 5.91 Å². The molecule has 0 saturated heterocycles. The van der Waals surface area contributed by atoms with Gasteiger partial charge >= 0.3 is 0 Å². The minimum atomic E-state index is -0.343. The van der Waals surface area contributed by atoms with E-state index in [1.54, 1.807) is 6.92 Å². The smallest absolute Gasteiger partial charge is 0.249 e. The minimum absolute atomic E-state index is 0.343. The third-order valence-corrected chi connectivity index (χ3v) is 1.75. The van der Waals surface area contributed by atoms with Crippen LogP contribution in [0.1, 0.15) is 13.8 Å². The second-order valence-electron chi connectivity index (χ2n) is 3.27. The standard InChI is InChI=1S/C8H16N2O/c1-5-10(3,4)6-7(2)8(9)11/h6H,5H2,1-4H3,(H-,9,11)/p+1. The lowest BCUT2D eigenvalue weighted by molar-refractivity contribution is -0.837. The number of primary amides is 1. The largest absolute Gasteiger partial charge is 0.366 e. The number of rotatable bonds is 3. The molecule has 0 aromatic heterocycles. The summed E-state index contributed by atoms with van der Waals surface area (Å²) in [6.45, 7) is 4.74. The number of nitrogens with zero attached hydrogens (tertiary/aromatic N) is 1. The summed E-state index contributed by atoms with van der Waals surface area (Å²) >= 11 is 0. The molecule has 0 radical (unpaired) electrons. The number of carbonyl (C=O) groups excluding carboxylic acids is 1. The van der Waals surface area contributed by atoms with E-state index in [9.17, 15) is 4.79 Å². The molecule has 0 fully saturated rings. The molecule has 1 amide bonds. The Morgan fingerprint density at radius 2 is 2.00 bits per heavy atom. The summed E-state index contributed by atoms with van der Waals surface area (Å²) < 4.78 is 0.689. The highest BCUT2D eigenvalue weighted by Crippen LogP contribution is 2.02. The number of nitrogens with two attached hydrogens (primary N) is 1. The summed E-state index contributed by atoms with van der Waals surface area (Å²) in [6.07, 6.45) is 1.86. The van der Waals surface area contributed by atoms with Crippen LogP contribution in [0.5, 0.6) is 0 Å². The number of quaternary nitrogens is 1. The first kappa shape index (κ1) is 10.2. The highest BCUT2D eigenvalue weighted by Gasteiger charge is 2.10. The molecule has 0 rings (SSSR count). The Kier molecular flexibility index (Phi) is 3.26. The van der Waals surface area contributed by atoms with E-state index in [0.29, 0.717) is 10.1 Å². The Morgan fingerprint density at radius 1 is 1.55 bits per heavy atom. The molecular formula is C8H17N2O+. The zero-order valence-corrected chi connectivity index (χ0v) is 7.72. The van der Waals surface area contributed by atoms with Crippen molar-refractivity contribution < 1.29 is 9.28 Å². The average Bonchev–Trinajstić information content (AvgIpc) is 1.87. The molecular weight excluding hydrogens is 140 g/mol. The highest BCUT2D eigenvalue weighted by molar-refractivity contribution is 5.90. The molecule has 0 aromatic rings. The molecule has 64 valence electrons. The normalized spacial score (nSPS) is 13.3. The van der Waals surface area contributed by atoms with Gasteiger partial charge in [-0.05, 0) is 13.8 Å². The number of amides is 1. The van der Waals surface area contributed by atoms with E-state index >= 15 is 0 Å². The van der Waals surface area contributed by atoms with Crippen molar-refractivity contribution in [3.63, 3.8) is 0 Å². The van der Waals surface area contributed by atoms with E-state index in [1.165, 1.54) is 0 Å². The Hall–Kier alpha value is -0.830. The number of hydrogen-bond acceptors (Lipinski definition) is 1. The lowest BCUT2D eigenvalue weighted by Gasteiger charge is -2.23. The third-order valence-electron chi connectivity index (χ3n) is 1.75. The number of carbonyl (C=O) groups is 1. The van der Waals surface area contributed by atoms with Gasteiger partial charge < -0.3 is 10.2 Å². The van der Waals surface area contributed by atoms with Crippen LogP contribution in [0.15, 0.2) is 11.8 Å². The molecule has 0 aliphatic carbocycles. The van der Waals surface area contributed by atoms with E-state index in [4.69, 9.17) is 5.73 Å². The summed E-state index contributed by atoms with van der Waals surface area (Å²) in [4.78, 5) is 10.6. The molecule has 11 heavy (non-hydrogen) atoms. The quantitative estimate of drug-likeness (QED) is 0.469. The maximum absolute atomic E-state index is 10.6. The van der Waals surface area contributed by atoms with Gasteiger partial charge in [0.25, 0.3) is 0 Å². The van der Waals surface area contributed by atoms with Crippen LogP contribution in [0.4, 0.5) is 0 Å². The van der Waals surface area contributed by atoms with Gasteiger partial charge in [-0.1, -0.05) is 0 Å². The zero-order valence-electron chi connectivity index (χ0n) is 7.72. The summed E-state index contributed by atoms with van der Waals surface area (Å²) in [7, 11) is 4.04. The van der Waals surface area contributed by atoms with Crippen LogP contribution in [-0.4, -0.2) is 31.0 Å². The van der Waals surface area contributed by atoms with Crippen molar-refractivity contribution in [1.29, 1.82) is 0 Å². The van der Waals surface area contributed by atoms with Crippen molar-refractivity contribution in [3.8, 4) is 0 Å². The van der Waals surface area contributed by atoms with Crippen LogP contribution < -0.4 is 5.73 Å². The first-order chi connectivity index (χ1) is 4.89. The lowest BCUT2D eigenvalue weighted by Crippen LogP contribution is -2.34. The zero-order chi connectivity index (χ0) is 9.07. The van der Waals surface area contributed by atoms with E-state index in [0.717, 1.165) is 6.54 Å². The molecule has 0 bridgehead atoms. The van der Waals surface area contributed by atoms with Gasteiger partial charge in [0.15, 0.2) is 0 Å². The SMILES string of the molecule is CC[N+](C)(C)C=C(C)C(N)=O. The van der Waals surface area contributed by atoms with E-state index in [-0.39, 0.29) is 5.91 Å². The predicted molar refractivity (Wildman–Crippen MR) is 45.6 cm³/mol. The molecule has 2 N–H and O–H groups in total. The van der Waals surface area contributed by atoms with E-state index in [2.05, 4.69) is 6.92 Å². The number of hydrogen-bond donors (Lipinski definition) is 1. The second kappa shape index (κ2) is 3.53. The molecule has 0 aliphatic heterocycles. The summed E-state index contributed by atoms with van der Waals surface area (Å²) in [5, 5.41) is 0. The predicted octanol–water partition coefficient (Wildman–Crippen LogP) is 0.472. The lowest BCUT2D eigenvalue weighted by atomic mass is 10.3. The van der Waals surface area contributed by atoms with Gasteiger partial charge in [0, 0.05) is 0 Å². The Morgan fingerprint density at radius 3 is 2.27 bits per heavy atom. The molecule has 3 heteroatoms. The van der Waals surface area contributed by atoms with Gasteiger partial charge in [-0.25, -0.2) is 0 Å². The summed E-state index contributed by atoms with van der Waals surface area (Å²) in [5.41, 5.74) is 5.70. The maximum Gasteiger partial charge on any atom is 0.249 e. The van der Waals surface area contributed by atoms with E-state index < -0.39 is 0 Å². The first-order valence-electron chi connectivity index (χ1n) is 3.71. The van der Waals surface area contributed by atoms with Gasteiger partial charge in [0.05, 0.1) is 26.2 Å². The minimum Gasteiger partial charge on any atom is -0.366 e. The third kappa shape index (κ3) is 3.78. The van der Waals surface area contributed by atoms with Crippen LogP contribution in [0.3, 0.4) is 0 Å². The molecule has 0 spiro atoms. The maximum atomic E-state index is 10.6. The van der Waals surface area contributed by atoms with Crippen molar-refractivity contribution >= 4 is 5.91 Å². The fraction of sp³-hybridized carbons (Fsp3) is 0.625. The molecule has 0 aromatic carbocycles. The molecule has 0 saturated carbocycles. The van der Waals surface area contributed by atoms with Crippen LogP contribution in [-0.2, 0) is 4.79 Å². The Balaban J connectivity index is 4.41. The van der Waals surface area contributed by atoms with E-state index in [1.807, 2.05) is 20.3 Å². The Labute approximate surface area is 68.1 Å². The van der Waals surface area contributed by atoms with Crippen molar-refractivity contribution in [3.05, 3.63) is 11.8 Å². The second-order valence-corrected chi connectivity index (χ2v) is 3.27. The van der Waals surface area contributed by atoms with Gasteiger partial charge in [-0.15, -0.1) is 0 Å². The van der Waals surface area contributed by atoms with Crippen LogP contribution >= 0.6 is 0 Å². The monoisotopic (exact) mass is 157 g/mol. The highest BCUT2D eigenvalue weighted by atomic mass is 16.1. The van der Waals surface area contributed by atoms with Gasteiger partial charge in [0.1, 0.15) is 6.20 Å². The fourth-order valence-electron chi connectivity index (χ4n) is 0.679. The van der Waals surface area contributed by atoms with Crippen molar-refractivity contribution in [2.75, 3.05) is 20.6 Å². The van der Waals surface area contributed by atoms with Gasteiger partial charge in [-0.3, -0.25) is 4.79 Å². The first-order valence-corrected chi connectivity index (χ1v) is 3.71.